The molecule has 0 aromatic carbocycles. The molecular weight excluding hydrogens is 162 g/mol. The summed E-state index contributed by atoms with van der Waals surface area (Å²) >= 11 is 0. The Kier molecular flexibility index (Phi) is 1.65. The van der Waals surface area contributed by atoms with Crippen molar-refractivity contribution >= 4 is 0 Å². The van der Waals surface area contributed by atoms with Crippen molar-refractivity contribution in [1.82, 2.24) is 15.3 Å². The normalized spacial score (nSPS) is 22.5. The van der Waals surface area contributed by atoms with Gasteiger partial charge in [-0.2, -0.15) is 0 Å². The average Bonchev–Trinajstić information content (AvgIpc) is 2.43. The summed E-state index contributed by atoms with van der Waals surface area (Å²) in [4.78, 5) is 8.14. The van der Waals surface area contributed by atoms with Crippen LogP contribution in [0.25, 0.3) is 0 Å². The van der Waals surface area contributed by atoms with Gasteiger partial charge in [-0.3, -0.25) is 0 Å². The maximum Gasteiger partial charge on any atom is 0.109 e. The van der Waals surface area contributed by atoms with Crippen LogP contribution in [-0.4, -0.2) is 16.5 Å². The SMILES string of the molecule is C1CC(c2nc3c([nH]2)CNCC3)C1. The van der Waals surface area contributed by atoms with Gasteiger partial charge < -0.3 is 10.3 Å². The number of hydrogen-bond acceptors (Lipinski definition) is 2. The zero-order valence-electron chi connectivity index (χ0n) is 7.77. The van der Waals surface area contributed by atoms with Crippen LogP contribution in [0.3, 0.4) is 0 Å². The number of rotatable bonds is 1. The first-order valence-electron chi connectivity index (χ1n) is 5.22. The smallest absolute Gasteiger partial charge is 0.109 e. The fourth-order valence-electron chi connectivity index (χ4n) is 2.12. The van der Waals surface area contributed by atoms with Gasteiger partial charge in [0.25, 0.3) is 0 Å². The highest BCUT2D eigenvalue weighted by molar-refractivity contribution is 5.20. The van der Waals surface area contributed by atoms with Crippen molar-refractivity contribution in [3.8, 4) is 0 Å². The maximum atomic E-state index is 4.68. The lowest BCUT2D eigenvalue weighted by Gasteiger charge is -2.22. The topological polar surface area (TPSA) is 40.7 Å². The number of aromatic amines is 1. The summed E-state index contributed by atoms with van der Waals surface area (Å²) in [6, 6.07) is 0. The van der Waals surface area contributed by atoms with Gasteiger partial charge in [-0.15, -0.1) is 0 Å². The molecule has 1 fully saturated rings. The van der Waals surface area contributed by atoms with Gasteiger partial charge >= 0.3 is 0 Å². The monoisotopic (exact) mass is 177 g/mol. The minimum absolute atomic E-state index is 0.741. The lowest BCUT2D eigenvalue weighted by molar-refractivity contribution is 0.403. The third-order valence-electron chi connectivity index (χ3n) is 3.21. The molecule has 2 N–H and O–H groups in total. The molecule has 0 unspecified atom stereocenters. The van der Waals surface area contributed by atoms with Crippen LogP contribution in [0.2, 0.25) is 0 Å². The van der Waals surface area contributed by atoms with E-state index in [9.17, 15) is 0 Å². The molecule has 1 aliphatic carbocycles. The van der Waals surface area contributed by atoms with E-state index in [2.05, 4.69) is 15.3 Å². The summed E-state index contributed by atoms with van der Waals surface area (Å²) in [5.41, 5.74) is 2.63. The Morgan fingerprint density at radius 2 is 2.23 bits per heavy atom. The number of H-pyrrole nitrogens is 1. The summed E-state index contributed by atoms with van der Waals surface area (Å²) in [5.74, 6) is 1.99. The highest BCUT2D eigenvalue weighted by Gasteiger charge is 2.24. The van der Waals surface area contributed by atoms with E-state index in [1.165, 1.54) is 36.5 Å². The predicted molar refractivity (Wildman–Crippen MR) is 50.6 cm³/mol. The molecule has 2 heterocycles. The van der Waals surface area contributed by atoms with E-state index in [-0.39, 0.29) is 0 Å². The van der Waals surface area contributed by atoms with Crippen molar-refractivity contribution in [3.63, 3.8) is 0 Å². The fourth-order valence-corrected chi connectivity index (χ4v) is 2.12. The molecule has 3 rings (SSSR count). The van der Waals surface area contributed by atoms with Gasteiger partial charge in [0.1, 0.15) is 5.82 Å². The molecule has 0 saturated heterocycles. The molecule has 3 heteroatoms. The molecule has 0 atom stereocenters. The van der Waals surface area contributed by atoms with Crippen molar-refractivity contribution < 1.29 is 0 Å². The summed E-state index contributed by atoms with van der Waals surface area (Å²) in [7, 11) is 0. The quantitative estimate of drug-likeness (QED) is 0.679. The molecule has 3 nitrogen and oxygen atoms in total. The molecule has 1 aromatic rings. The molecule has 1 aliphatic heterocycles. The Morgan fingerprint density at radius 1 is 1.31 bits per heavy atom. The fraction of sp³-hybridized carbons (Fsp3) is 0.700. The Hall–Kier alpha value is -0.830. The summed E-state index contributed by atoms with van der Waals surface area (Å²) in [6.07, 6.45) is 5.15. The summed E-state index contributed by atoms with van der Waals surface area (Å²) < 4.78 is 0. The first kappa shape index (κ1) is 7.56. The van der Waals surface area contributed by atoms with Gasteiger partial charge in [0.2, 0.25) is 0 Å². The van der Waals surface area contributed by atoms with Gasteiger partial charge in [-0.25, -0.2) is 4.98 Å². The third kappa shape index (κ3) is 1.18. The zero-order chi connectivity index (χ0) is 8.67. The van der Waals surface area contributed by atoms with Gasteiger partial charge in [-0.05, 0) is 12.8 Å². The number of fused-ring (bicyclic) bond motifs is 1. The van der Waals surface area contributed by atoms with E-state index in [0.717, 1.165) is 25.4 Å². The van der Waals surface area contributed by atoms with Crippen molar-refractivity contribution in [3.05, 3.63) is 17.2 Å². The maximum absolute atomic E-state index is 4.68. The Morgan fingerprint density at radius 3 is 2.92 bits per heavy atom. The minimum atomic E-state index is 0.741. The number of hydrogen-bond donors (Lipinski definition) is 2. The zero-order valence-corrected chi connectivity index (χ0v) is 7.77. The van der Waals surface area contributed by atoms with E-state index in [1.807, 2.05) is 0 Å². The molecule has 0 radical (unpaired) electrons. The van der Waals surface area contributed by atoms with Crippen molar-refractivity contribution in [2.45, 2.75) is 38.1 Å². The van der Waals surface area contributed by atoms with Crippen molar-refractivity contribution in [2.24, 2.45) is 0 Å². The van der Waals surface area contributed by atoms with Crippen LogP contribution in [0.1, 0.15) is 42.4 Å². The molecule has 0 amide bonds. The van der Waals surface area contributed by atoms with Gasteiger partial charge in [-0.1, -0.05) is 6.42 Å². The van der Waals surface area contributed by atoms with Crippen LogP contribution in [0.15, 0.2) is 0 Å². The van der Waals surface area contributed by atoms with Crippen LogP contribution in [-0.2, 0) is 13.0 Å². The summed E-state index contributed by atoms with van der Waals surface area (Å²) in [5, 5.41) is 3.36. The molecule has 1 aromatic heterocycles. The molecule has 13 heavy (non-hydrogen) atoms. The van der Waals surface area contributed by atoms with Crippen molar-refractivity contribution in [1.29, 1.82) is 0 Å². The van der Waals surface area contributed by atoms with Crippen LogP contribution in [0.5, 0.6) is 0 Å². The number of aromatic nitrogens is 2. The molecule has 1 saturated carbocycles. The Balaban J connectivity index is 1.90. The lowest BCUT2D eigenvalue weighted by Crippen LogP contribution is -2.23. The Bertz CT molecular complexity index is 288. The van der Waals surface area contributed by atoms with E-state index in [1.54, 1.807) is 0 Å². The largest absolute Gasteiger partial charge is 0.344 e. The first-order valence-corrected chi connectivity index (χ1v) is 5.22. The summed E-state index contributed by atoms with van der Waals surface area (Å²) in [6.45, 7) is 2.07. The number of nitrogens with zero attached hydrogens (tertiary/aromatic N) is 1. The number of imidazole rings is 1. The molecule has 2 aliphatic rings. The van der Waals surface area contributed by atoms with E-state index < -0.39 is 0 Å². The lowest BCUT2D eigenvalue weighted by atomic mass is 9.85. The molecule has 0 bridgehead atoms. The third-order valence-corrected chi connectivity index (χ3v) is 3.21. The van der Waals surface area contributed by atoms with E-state index >= 15 is 0 Å². The predicted octanol–water partition coefficient (Wildman–Crippen LogP) is 1.32. The van der Waals surface area contributed by atoms with E-state index in [4.69, 9.17) is 0 Å². The Labute approximate surface area is 78.0 Å². The van der Waals surface area contributed by atoms with Crippen LogP contribution >= 0.6 is 0 Å². The standard InChI is InChI=1S/C10H15N3/c1-2-7(3-1)10-12-8-4-5-11-6-9(8)13-10/h7,11H,1-6H2,(H,12,13). The van der Waals surface area contributed by atoms with Crippen LogP contribution in [0, 0.1) is 0 Å². The second-order valence-electron chi connectivity index (χ2n) is 4.10. The highest BCUT2D eigenvalue weighted by Crippen LogP contribution is 2.35. The second kappa shape index (κ2) is 2.84. The number of nitrogens with one attached hydrogen (secondary N) is 2. The molecule has 70 valence electrons. The minimum Gasteiger partial charge on any atom is -0.344 e. The van der Waals surface area contributed by atoms with Crippen molar-refractivity contribution in [2.75, 3.05) is 6.54 Å². The molecular formula is C10H15N3. The van der Waals surface area contributed by atoms with Gasteiger partial charge in [0.15, 0.2) is 0 Å². The second-order valence-corrected chi connectivity index (χ2v) is 4.10. The van der Waals surface area contributed by atoms with Gasteiger partial charge in [0, 0.05) is 25.4 Å². The van der Waals surface area contributed by atoms with Gasteiger partial charge in [0.05, 0.1) is 11.4 Å². The first-order chi connectivity index (χ1) is 6.43. The van der Waals surface area contributed by atoms with E-state index in [0.29, 0.717) is 0 Å². The average molecular weight is 177 g/mol. The van der Waals surface area contributed by atoms with Crippen LogP contribution in [0.4, 0.5) is 0 Å². The highest BCUT2D eigenvalue weighted by atomic mass is 15.0. The van der Waals surface area contributed by atoms with Crippen LogP contribution < -0.4 is 5.32 Å². The molecule has 0 spiro atoms.